The number of anilines is 1. The Labute approximate surface area is 172 Å². The molecule has 4 rings (SSSR count). The van der Waals surface area contributed by atoms with E-state index in [0.717, 1.165) is 27.4 Å². The highest BCUT2D eigenvalue weighted by molar-refractivity contribution is 9.10. The lowest BCUT2D eigenvalue weighted by molar-refractivity contribution is 0.0985. The number of rotatable bonds is 4. The molecule has 0 saturated heterocycles. The van der Waals surface area contributed by atoms with Crippen LogP contribution in [0.15, 0.2) is 71.2 Å². The molecule has 0 bridgehead atoms. The first kappa shape index (κ1) is 18.7. The smallest absolute Gasteiger partial charge is 0.260 e. The number of carbonyl (C=O) groups is 1. The molecule has 140 valence electrons. The van der Waals surface area contributed by atoms with Crippen molar-refractivity contribution in [2.24, 2.45) is 0 Å². The van der Waals surface area contributed by atoms with Gasteiger partial charge in [0, 0.05) is 16.1 Å². The minimum absolute atomic E-state index is 0.0584. The van der Waals surface area contributed by atoms with E-state index >= 15 is 0 Å². The second kappa shape index (κ2) is 7.77. The second-order valence-electron chi connectivity index (χ2n) is 6.11. The van der Waals surface area contributed by atoms with Crippen molar-refractivity contribution in [1.29, 1.82) is 0 Å². The molecule has 0 radical (unpaired) electrons. The molecule has 0 unspecified atom stereocenters. The van der Waals surface area contributed by atoms with Crippen molar-refractivity contribution < 1.29 is 13.6 Å². The van der Waals surface area contributed by atoms with Gasteiger partial charge in [-0.25, -0.2) is 13.8 Å². The maximum absolute atomic E-state index is 14.1. The van der Waals surface area contributed by atoms with Crippen molar-refractivity contribution in [3.8, 4) is 0 Å². The van der Waals surface area contributed by atoms with Crippen LogP contribution in [0.1, 0.15) is 15.9 Å². The number of benzene rings is 3. The summed E-state index contributed by atoms with van der Waals surface area (Å²) in [4.78, 5) is 19.0. The minimum Gasteiger partial charge on any atom is -0.279 e. The Kier molecular flexibility index (Phi) is 5.19. The number of amides is 1. The number of fused-ring (bicyclic) bond motifs is 1. The molecule has 0 fully saturated rings. The molecule has 1 heterocycles. The Bertz CT molecular complexity index is 1150. The first-order chi connectivity index (χ1) is 13.5. The fourth-order valence-electron chi connectivity index (χ4n) is 2.80. The van der Waals surface area contributed by atoms with Crippen LogP contribution in [-0.4, -0.2) is 10.9 Å². The van der Waals surface area contributed by atoms with Gasteiger partial charge in [-0.2, -0.15) is 0 Å². The number of carbonyl (C=O) groups excluding carboxylic acids is 1. The van der Waals surface area contributed by atoms with Gasteiger partial charge in [0.05, 0.1) is 11.2 Å². The van der Waals surface area contributed by atoms with Gasteiger partial charge in [-0.3, -0.25) is 9.69 Å². The number of thiazole rings is 1. The predicted octanol–water partition coefficient (Wildman–Crippen LogP) is 6.18. The molecule has 3 nitrogen and oxygen atoms in total. The number of halogens is 3. The minimum atomic E-state index is -0.742. The van der Waals surface area contributed by atoms with Crippen LogP contribution in [0.3, 0.4) is 0 Å². The summed E-state index contributed by atoms with van der Waals surface area (Å²) >= 11 is 4.44. The van der Waals surface area contributed by atoms with Gasteiger partial charge in [0.2, 0.25) is 0 Å². The van der Waals surface area contributed by atoms with Crippen molar-refractivity contribution in [3.63, 3.8) is 0 Å². The first-order valence-corrected chi connectivity index (χ1v) is 9.99. The zero-order chi connectivity index (χ0) is 19.7. The Balaban J connectivity index is 1.79. The normalized spacial score (nSPS) is 11.0. The molecule has 0 N–H and O–H groups in total. The van der Waals surface area contributed by atoms with Crippen LogP contribution in [-0.2, 0) is 6.54 Å². The third-order valence-electron chi connectivity index (χ3n) is 4.15. The Hall–Kier alpha value is -2.64. The highest BCUT2D eigenvalue weighted by Gasteiger charge is 2.23. The molecule has 0 aliphatic rings. The van der Waals surface area contributed by atoms with Crippen molar-refractivity contribution in [2.75, 3.05) is 4.90 Å². The van der Waals surface area contributed by atoms with Gasteiger partial charge in [-0.1, -0.05) is 57.6 Å². The highest BCUT2D eigenvalue weighted by Crippen LogP contribution is 2.33. The first-order valence-electron chi connectivity index (χ1n) is 8.38. The summed E-state index contributed by atoms with van der Waals surface area (Å²) in [5.41, 5.74) is 1.44. The fourth-order valence-corrected chi connectivity index (χ4v) is 4.07. The summed E-state index contributed by atoms with van der Waals surface area (Å²) in [6, 6.07) is 18.4. The lowest BCUT2D eigenvalue weighted by atomic mass is 10.1. The van der Waals surface area contributed by atoms with E-state index in [1.807, 2.05) is 30.3 Å². The summed E-state index contributed by atoms with van der Waals surface area (Å²) in [5.74, 6) is -1.68. The van der Waals surface area contributed by atoms with Crippen LogP contribution in [0.4, 0.5) is 13.9 Å². The summed E-state index contributed by atoms with van der Waals surface area (Å²) in [6.07, 6.45) is 0. The van der Waals surface area contributed by atoms with Crippen LogP contribution in [0, 0.1) is 11.6 Å². The van der Waals surface area contributed by atoms with Crippen molar-refractivity contribution >= 4 is 48.5 Å². The van der Waals surface area contributed by atoms with Gasteiger partial charge < -0.3 is 0 Å². The monoisotopic (exact) mass is 458 g/mol. The summed E-state index contributed by atoms with van der Waals surface area (Å²) < 4.78 is 28.9. The Morgan fingerprint density at radius 1 is 1.04 bits per heavy atom. The van der Waals surface area contributed by atoms with E-state index in [2.05, 4.69) is 20.9 Å². The molecule has 0 saturated carbocycles. The van der Waals surface area contributed by atoms with Crippen molar-refractivity contribution in [2.45, 2.75) is 6.54 Å². The fraction of sp³-hybridized carbons (Fsp3) is 0.0476. The van der Waals surface area contributed by atoms with Gasteiger partial charge in [0.1, 0.15) is 11.3 Å². The Morgan fingerprint density at radius 2 is 1.75 bits per heavy atom. The van der Waals surface area contributed by atoms with E-state index in [0.29, 0.717) is 15.4 Å². The molecular weight excluding hydrogens is 446 g/mol. The number of nitrogens with zero attached hydrogens (tertiary/aromatic N) is 2. The Morgan fingerprint density at radius 3 is 2.46 bits per heavy atom. The van der Waals surface area contributed by atoms with E-state index in [-0.39, 0.29) is 18.0 Å². The van der Waals surface area contributed by atoms with E-state index in [1.165, 1.54) is 11.0 Å². The molecule has 7 heteroatoms. The van der Waals surface area contributed by atoms with E-state index in [1.54, 1.807) is 24.3 Å². The maximum atomic E-state index is 14.1. The molecular formula is C21H13BrF2N2OS. The van der Waals surface area contributed by atoms with Crippen molar-refractivity contribution in [1.82, 2.24) is 4.98 Å². The van der Waals surface area contributed by atoms with Gasteiger partial charge in [0.15, 0.2) is 10.9 Å². The quantitative estimate of drug-likeness (QED) is 0.365. The molecule has 3 aromatic carbocycles. The molecule has 28 heavy (non-hydrogen) atoms. The van der Waals surface area contributed by atoms with Crippen LogP contribution in [0.2, 0.25) is 0 Å². The topological polar surface area (TPSA) is 33.2 Å². The van der Waals surface area contributed by atoms with Crippen LogP contribution >= 0.6 is 27.3 Å². The molecule has 0 aliphatic carbocycles. The summed E-state index contributed by atoms with van der Waals surface area (Å²) in [7, 11) is 0. The van der Waals surface area contributed by atoms with Crippen molar-refractivity contribution in [3.05, 3.63) is 94.0 Å². The zero-order valence-electron chi connectivity index (χ0n) is 14.4. The number of hydrogen-bond donors (Lipinski definition) is 0. The molecule has 4 aromatic rings. The molecule has 0 atom stereocenters. The second-order valence-corrected chi connectivity index (χ2v) is 8.04. The standard InChI is InChI=1S/C21H13BrF2N2OS/c22-15-8-6-14(7-9-15)20(27)26(12-13-4-2-1-3-5-13)21-25-19-17(24)10-16(23)11-18(19)28-21/h1-11H,12H2. The average molecular weight is 459 g/mol. The predicted molar refractivity (Wildman–Crippen MR) is 111 cm³/mol. The number of hydrogen-bond acceptors (Lipinski definition) is 3. The lowest BCUT2D eigenvalue weighted by Gasteiger charge is -2.20. The van der Waals surface area contributed by atoms with Gasteiger partial charge in [0.25, 0.3) is 5.91 Å². The van der Waals surface area contributed by atoms with E-state index < -0.39 is 11.6 Å². The maximum Gasteiger partial charge on any atom is 0.260 e. The summed E-state index contributed by atoms with van der Waals surface area (Å²) in [6.45, 7) is 0.264. The van der Waals surface area contributed by atoms with E-state index in [9.17, 15) is 13.6 Å². The molecule has 1 aromatic heterocycles. The number of aromatic nitrogens is 1. The van der Waals surface area contributed by atoms with Gasteiger partial charge >= 0.3 is 0 Å². The van der Waals surface area contributed by atoms with Crippen LogP contribution < -0.4 is 4.90 Å². The molecule has 0 spiro atoms. The third-order valence-corrected chi connectivity index (χ3v) is 5.71. The highest BCUT2D eigenvalue weighted by atomic mass is 79.9. The molecule has 0 aliphatic heterocycles. The summed E-state index contributed by atoms with van der Waals surface area (Å²) in [5, 5.41) is 0.316. The average Bonchev–Trinajstić information content (AvgIpc) is 3.11. The molecule has 1 amide bonds. The zero-order valence-corrected chi connectivity index (χ0v) is 16.8. The van der Waals surface area contributed by atoms with E-state index in [4.69, 9.17) is 0 Å². The lowest BCUT2D eigenvalue weighted by Crippen LogP contribution is -2.30. The van der Waals surface area contributed by atoms with Gasteiger partial charge in [-0.05, 0) is 35.9 Å². The largest absolute Gasteiger partial charge is 0.279 e. The SMILES string of the molecule is O=C(c1ccc(Br)cc1)N(Cc1ccccc1)c1nc2c(F)cc(F)cc2s1. The van der Waals surface area contributed by atoms with Gasteiger partial charge in [-0.15, -0.1) is 0 Å². The third kappa shape index (κ3) is 3.81. The van der Waals surface area contributed by atoms with Crippen LogP contribution in [0.25, 0.3) is 10.2 Å². The van der Waals surface area contributed by atoms with Crippen LogP contribution in [0.5, 0.6) is 0 Å².